The SMILES string of the molecule is CCOC(=O)c1ccc(C(=N)NCc2ccccc2)cc1.Cl. The Bertz CT molecular complexity index is 612. The summed E-state index contributed by atoms with van der Waals surface area (Å²) in [5.41, 5.74) is 2.35. The summed E-state index contributed by atoms with van der Waals surface area (Å²) in [4.78, 5) is 11.5. The molecule has 4 nitrogen and oxygen atoms in total. The van der Waals surface area contributed by atoms with Crippen molar-refractivity contribution in [2.75, 3.05) is 6.61 Å². The number of hydrogen-bond acceptors (Lipinski definition) is 3. The molecule has 0 spiro atoms. The number of carbonyl (C=O) groups excluding carboxylic acids is 1. The first kappa shape index (κ1) is 17.7. The Labute approximate surface area is 136 Å². The van der Waals surface area contributed by atoms with Crippen molar-refractivity contribution in [3.63, 3.8) is 0 Å². The van der Waals surface area contributed by atoms with Crippen LogP contribution in [-0.2, 0) is 11.3 Å². The van der Waals surface area contributed by atoms with Crippen LogP contribution >= 0.6 is 12.4 Å². The van der Waals surface area contributed by atoms with E-state index < -0.39 is 0 Å². The predicted octanol–water partition coefficient (Wildman–Crippen LogP) is 3.40. The first-order chi connectivity index (χ1) is 10.2. The molecule has 0 unspecified atom stereocenters. The summed E-state index contributed by atoms with van der Waals surface area (Å²) in [5, 5.41) is 11.1. The fourth-order valence-electron chi connectivity index (χ4n) is 1.88. The molecule has 0 fully saturated rings. The van der Waals surface area contributed by atoms with Crippen LogP contribution in [0.15, 0.2) is 54.6 Å². The fraction of sp³-hybridized carbons (Fsp3) is 0.176. The van der Waals surface area contributed by atoms with Gasteiger partial charge in [0, 0.05) is 12.1 Å². The molecule has 0 amide bonds. The lowest BCUT2D eigenvalue weighted by atomic mass is 10.1. The van der Waals surface area contributed by atoms with E-state index in [0.29, 0.717) is 24.6 Å². The quantitative estimate of drug-likeness (QED) is 0.504. The first-order valence-electron chi connectivity index (χ1n) is 6.84. The number of halogens is 1. The molecule has 0 aromatic heterocycles. The molecular weight excluding hydrogens is 300 g/mol. The highest BCUT2D eigenvalue weighted by atomic mass is 35.5. The largest absolute Gasteiger partial charge is 0.462 e. The molecule has 0 bridgehead atoms. The van der Waals surface area contributed by atoms with Gasteiger partial charge in [-0.1, -0.05) is 42.5 Å². The molecule has 0 heterocycles. The van der Waals surface area contributed by atoms with Crippen LogP contribution in [0, 0.1) is 5.41 Å². The van der Waals surface area contributed by atoms with Crippen LogP contribution in [-0.4, -0.2) is 18.4 Å². The second-order valence-corrected chi connectivity index (χ2v) is 4.51. The highest BCUT2D eigenvalue weighted by Crippen LogP contribution is 2.07. The predicted molar refractivity (Wildman–Crippen MR) is 89.8 cm³/mol. The van der Waals surface area contributed by atoms with Gasteiger partial charge in [0.1, 0.15) is 5.84 Å². The molecule has 2 N–H and O–H groups in total. The third-order valence-corrected chi connectivity index (χ3v) is 3.00. The van der Waals surface area contributed by atoms with Crippen molar-refractivity contribution >= 4 is 24.2 Å². The van der Waals surface area contributed by atoms with E-state index in [9.17, 15) is 4.79 Å². The number of hydrogen-bond donors (Lipinski definition) is 2. The van der Waals surface area contributed by atoms with E-state index in [-0.39, 0.29) is 18.4 Å². The van der Waals surface area contributed by atoms with Crippen LogP contribution in [0.1, 0.15) is 28.4 Å². The molecule has 2 aromatic rings. The van der Waals surface area contributed by atoms with Crippen LogP contribution in [0.2, 0.25) is 0 Å². The number of rotatable bonds is 5. The zero-order chi connectivity index (χ0) is 15.1. The minimum Gasteiger partial charge on any atom is -0.462 e. The second kappa shape index (κ2) is 8.85. The van der Waals surface area contributed by atoms with E-state index in [0.717, 1.165) is 11.1 Å². The van der Waals surface area contributed by atoms with Gasteiger partial charge in [-0.25, -0.2) is 4.79 Å². The summed E-state index contributed by atoms with van der Waals surface area (Å²) in [6, 6.07) is 16.7. The lowest BCUT2D eigenvalue weighted by Gasteiger charge is -2.09. The van der Waals surface area contributed by atoms with Gasteiger partial charge in [0.15, 0.2) is 0 Å². The monoisotopic (exact) mass is 318 g/mol. The molecule has 0 saturated heterocycles. The molecular formula is C17H19ClN2O2. The Morgan fingerprint density at radius 2 is 1.64 bits per heavy atom. The number of benzene rings is 2. The second-order valence-electron chi connectivity index (χ2n) is 4.51. The number of ether oxygens (including phenoxy) is 1. The van der Waals surface area contributed by atoms with Gasteiger partial charge in [0.25, 0.3) is 0 Å². The van der Waals surface area contributed by atoms with Crippen molar-refractivity contribution in [2.45, 2.75) is 13.5 Å². The smallest absolute Gasteiger partial charge is 0.338 e. The average molecular weight is 319 g/mol. The summed E-state index contributed by atoms with van der Waals surface area (Å²) >= 11 is 0. The number of amidine groups is 1. The molecule has 0 aliphatic heterocycles. The van der Waals surface area contributed by atoms with Gasteiger partial charge >= 0.3 is 5.97 Å². The van der Waals surface area contributed by atoms with Crippen molar-refractivity contribution in [2.24, 2.45) is 0 Å². The van der Waals surface area contributed by atoms with Gasteiger partial charge in [-0.05, 0) is 24.6 Å². The topological polar surface area (TPSA) is 62.2 Å². The normalized spacial score (nSPS) is 9.50. The Hall–Kier alpha value is -2.33. The summed E-state index contributed by atoms with van der Waals surface area (Å²) in [5.74, 6) is -0.0120. The highest BCUT2D eigenvalue weighted by molar-refractivity contribution is 5.97. The molecule has 0 saturated carbocycles. The molecule has 2 aromatic carbocycles. The van der Waals surface area contributed by atoms with E-state index >= 15 is 0 Å². The summed E-state index contributed by atoms with van der Waals surface area (Å²) in [6.45, 7) is 2.73. The van der Waals surface area contributed by atoms with Gasteiger partial charge in [0.05, 0.1) is 12.2 Å². The van der Waals surface area contributed by atoms with E-state index in [1.165, 1.54) is 0 Å². The average Bonchev–Trinajstić information content (AvgIpc) is 2.54. The van der Waals surface area contributed by atoms with E-state index in [2.05, 4.69) is 5.32 Å². The molecule has 22 heavy (non-hydrogen) atoms. The van der Waals surface area contributed by atoms with E-state index in [4.69, 9.17) is 10.1 Å². The van der Waals surface area contributed by atoms with Crippen LogP contribution in [0.4, 0.5) is 0 Å². The molecule has 0 aliphatic carbocycles. The van der Waals surface area contributed by atoms with Gasteiger partial charge in [-0.3, -0.25) is 5.41 Å². The highest BCUT2D eigenvalue weighted by Gasteiger charge is 2.07. The van der Waals surface area contributed by atoms with Crippen LogP contribution in [0.25, 0.3) is 0 Å². The zero-order valence-corrected chi connectivity index (χ0v) is 13.2. The Balaban J connectivity index is 0.00000242. The molecule has 5 heteroatoms. The number of carbonyl (C=O) groups is 1. The maximum atomic E-state index is 11.5. The molecule has 2 rings (SSSR count). The molecule has 0 aliphatic rings. The molecule has 0 atom stereocenters. The van der Waals surface area contributed by atoms with Crippen molar-refractivity contribution < 1.29 is 9.53 Å². The zero-order valence-electron chi connectivity index (χ0n) is 12.3. The van der Waals surface area contributed by atoms with Gasteiger partial charge in [0.2, 0.25) is 0 Å². The fourth-order valence-corrected chi connectivity index (χ4v) is 1.88. The summed E-state index contributed by atoms with van der Waals surface area (Å²) in [7, 11) is 0. The van der Waals surface area contributed by atoms with Crippen LogP contribution in [0.3, 0.4) is 0 Å². The van der Waals surface area contributed by atoms with Gasteiger partial charge in [-0.2, -0.15) is 0 Å². The molecule has 116 valence electrons. The lowest BCUT2D eigenvalue weighted by Crippen LogP contribution is -2.22. The summed E-state index contributed by atoms with van der Waals surface area (Å²) < 4.78 is 4.93. The Kier molecular flexibility index (Phi) is 7.13. The van der Waals surface area contributed by atoms with Crippen LogP contribution < -0.4 is 5.32 Å². The maximum absolute atomic E-state index is 11.5. The lowest BCUT2D eigenvalue weighted by molar-refractivity contribution is 0.0526. The van der Waals surface area contributed by atoms with Crippen molar-refractivity contribution in [3.05, 3.63) is 71.3 Å². The first-order valence-corrected chi connectivity index (χ1v) is 6.84. The minimum atomic E-state index is -0.340. The van der Waals surface area contributed by atoms with E-state index in [1.807, 2.05) is 30.3 Å². The maximum Gasteiger partial charge on any atom is 0.338 e. The van der Waals surface area contributed by atoms with E-state index in [1.54, 1.807) is 31.2 Å². The third-order valence-electron chi connectivity index (χ3n) is 3.00. The van der Waals surface area contributed by atoms with Gasteiger partial charge < -0.3 is 10.1 Å². The minimum absolute atomic E-state index is 0. The standard InChI is InChI=1S/C17H18N2O2.ClH/c1-2-21-17(20)15-10-8-14(9-11-15)16(18)19-12-13-6-4-3-5-7-13;/h3-11H,2,12H2,1H3,(H2,18,19);1H. The summed E-state index contributed by atoms with van der Waals surface area (Å²) in [6.07, 6.45) is 0. The third kappa shape index (κ3) is 4.90. The van der Waals surface area contributed by atoms with Crippen LogP contribution in [0.5, 0.6) is 0 Å². The number of esters is 1. The number of nitrogens with one attached hydrogen (secondary N) is 2. The Morgan fingerprint density at radius 1 is 1.05 bits per heavy atom. The van der Waals surface area contributed by atoms with Crippen molar-refractivity contribution in [1.82, 2.24) is 5.32 Å². The van der Waals surface area contributed by atoms with Crippen molar-refractivity contribution in [3.8, 4) is 0 Å². The van der Waals surface area contributed by atoms with Crippen molar-refractivity contribution in [1.29, 1.82) is 5.41 Å². The van der Waals surface area contributed by atoms with Gasteiger partial charge in [-0.15, -0.1) is 12.4 Å². The Morgan fingerprint density at radius 3 is 2.23 bits per heavy atom. The molecule has 0 radical (unpaired) electrons.